The summed E-state index contributed by atoms with van der Waals surface area (Å²) in [4.78, 5) is 26.1. The Bertz CT molecular complexity index is 733. The van der Waals surface area contributed by atoms with Crippen molar-refractivity contribution in [1.29, 1.82) is 0 Å². The summed E-state index contributed by atoms with van der Waals surface area (Å²) in [5, 5.41) is 2.92. The highest BCUT2D eigenvalue weighted by molar-refractivity contribution is 6.02. The van der Waals surface area contributed by atoms with Crippen LogP contribution in [0.15, 0.2) is 42.5 Å². The second-order valence-corrected chi connectivity index (χ2v) is 5.90. The summed E-state index contributed by atoms with van der Waals surface area (Å²) >= 11 is 0. The van der Waals surface area contributed by atoms with E-state index in [0.29, 0.717) is 0 Å². The van der Waals surface area contributed by atoms with Gasteiger partial charge in [0.05, 0.1) is 5.69 Å². The van der Waals surface area contributed by atoms with Crippen LogP contribution < -0.4 is 10.2 Å². The highest BCUT2D eigenvalue weighted by atomic mass is 16.2. The molecule has 4 heteroatoms. The van der Waals surface area contributed by atoms with Crippen LogP contribution in [0.1, 0.15) is 30.5 Å². The largest absolute Gasteiger partial charge is 0.324 e. The number of amides is 2. The summed E-state index contributed by atoms with van der Waals surface area (Å²) in [5.41, 5.74) is 4.64. The molecular weight excluding hydrogens is 300 g/mol. The predicted molar refractivity (Wildman–Crippen MR) is 98.4 cm³/mol. The van der Waals surface area contributed by atoms with E-state index in [1.807, 2.05) is 63.2 Å². The molecule has 0 spiro atoms. The number of hydrogen-bond acceptors (Lipinski definition) is 2. The quantitative estimate of drug-likeness (QED) is 0.908. The molecule has 0 radical (unpaired) electrons. The highest BCUT2D eigenvalue weighted by Gasteiger charge is 2.19. The SMILES string of the molecule is CCc1ccccc1NC(=O)CN(C(C)=O)c1c(C)cccc1C. The highest BCUT2D eigenvalue weighted by Crippen LogP contribution is 2.25. The van der Waals surface area contributed by atoms with Crippen molar-refractivity contribution in [2.45, 2.75) is 34.1 Å². The lowest BCUT2D eigenvalue weighted by Crippen LogP contribution is -2.37. The van der Waals surface area contributed by atoms with E-state index in [2.05, 4.69) is 5.32 Å². The molecule has 0 aromatic heterocycles. The summed E-state index contributed by atoms with van der Waals surface area (Å²) in [5.74, 6) is -0.347. The lowest BCUT2D eigenvalue weighted by molar-refractivity contribution is -0.120. The van der Waals surface area contributed by atoms with Gasteiger partial charge in [0.25, 0.3) is 0 Å². The molecule has 126 valence electrons. The molecule has 0 saturated carbocycles. The third kappa shape index (κ3) is 4.02. The fourth-order valence-electron chi connectivity index (χ4n) is 2.86. The van der Waals surface area contributed by atoms with Crippen molar-refractivity contribution in [3.05, 3.63) is 59.2 Å². The molecule has 0 aliphatic rings. The Labute approximate surface area is 143 Å². The zero-order valence-electron chi connectivity index (χ0n) is 14.7. The Kier molecular flexibility index (Phi) is 5.74. The number of para-hydroxylation sites is 2. The first-order valence-electron chi connectivity index (χ1n) is 8.16. The number of anilines is 2. The Hall–Kier alpha value is -2.62. The van der Waals surface area contributed by atoms with Crippen molar-refractivity contribution in [1.82, 2.24) is 0 Å². The topological polar surface area (TPSA) is 49.4 Å². The van der Waals surface area contributed by atoms with E-state index < -0.39 is 0 Å². The summed E-state index contributed by atoms with van der Waals surface area (Å²) in [6, 6.07) is 13.6. The number of rotatable bonds is 5. The van der Waals surface area contributed by atoms with E-state index in [-0.39, 0.29) is 18.4 Å². The van der Waals surface area contributed by atoms with Gasteiger partial charge in [0.2, 0.25) is 11.8 Å². The summed E-state index contributed by atoms with van der Waals surface area (Å²) < 4.78 is 0. The van der Waals surface area contributed by atoms with Gasteiger partial charge in [0.1, 0.15) is 6.54 Å². The number of nitrogens with one attached hydrogen (secondary N) is 1. The van der Waals surface area contributed by atoms with Crippen LogP contribution >= 0.6 is 0 Å². The van der Waals surface area contributed by atoms with E-state index in [4.69, 9.17) is 0 Å². The molecule has 2 aromatic carbocycles. The molecule has 1 N–H and O–H groups in total. The second-order valence-electron chi connectivity index (χ2n) is 5.90. The molecule has 24 heavy (non-hydrogen) atoms. The van der Waals surface area contributed by atoms with Gasteiger partial charge in [-0.15, -0.1) is 0 Å². The number of carbonyl (C=O) groups is 2. The van der Waals surface area contributed by atoms with Crippen molar-refractivity contribution in [2.24, 2.45) is 0 Å². The molecule has 0 heterocycles. The average Bonchev–Trinajstić information content (AvgIpc) is 2.54. The molecular formula is C20H24N2O2. The first-order chi connectivity index (χ1) is 11.4. The number of benzene rings is 2. The fraction of sp³-hybridized carbons (Fsp3) is 0.300. The fourth-order valence-corrected chi connectivity index (χ4v) is 2.86. The maximum atomic E-state index is 12.5. The van der Waals surface area contributed by atoms with Crippen LogP contribution in [0, 0.1) is 13.8 Å². The zero-order valence-corrected chi connectivity index (χ0v) is 14.7. The molecule has 2 amide bonds. The third-order valence-electron chi connectivity index (χ3n) is 4.06. The van der Waals surface area contributed by atoms with Gasteiger partial charge in [0, 0.05) is 12.6 Å². The Balaban J connectivity index is 2.22. The van der Waals surface area contributed by atoms with E-state index >= 15 is 0 Å². The van der Waals surface area contributed by atoms with Crippen LogP contribution in [-0.2, 0) is 16.0 Å². The molecule has 0 bridgehead atoms. The van der Waals surface area contributed by atoms with Gasteiger partial charge in [-0.2, -0.15) is 0 Å². The van der Waals surface area contributed by atoms with Crippen molar-refractivity contribution in [3.8, 4) is 0 Å². The predicted octanol–water partition coefficient (Wildman–Crippen LogP) is 3.86. The van der Waals surface area contributed by atoms with E-state index in [9.17, 15) is 9.59 Å². The first kappa shape index (κ1) is 17.7. The number of aryl methyl sites for hydroxylation is 3. The van der Waals surface area contributed by atoms with Crippen molar-refractivity contribution in [2.75, 3.05) is 16.8 Å². The lowest BCUT2D eigenvalue weighted by Gasteiger charge is -2.24. The molecule has 0 unspecified atom stereocenters. The summed E-state index contributed by atoms with van der Waals surface area (Å²) in [7, 11) is 0. The Morgan fingerprint density at radius 2 is 1.62 bits per heavy atom. The van der Waals surface area contributed by atoms with Crippen LogP contribution in [0.3, 0.4) is 0 Å². The minimum absolute atomic E-state index is 0.000917. The molecule has 2 aromatic rings. The second kappa shape index (κ2) is 7.77. The van der Waals surface area contributed by atoms with Gasteiger partial charge < -0.3 is 10.2 Å². The van der Waals surface area contributed by atoms with Crippen molar-refractivity contribution < 1.29 is 9.59 Å². The van der Waals surface area contributed by atoms with Gasteiger partial charge in [-0.1, -0.05) is 43.3 Å². The molecule has 0 atom stereocenters. The molecule has 0 aliphatic heterocycles. The Morgan fingerprint density at radius 3 is 2.21 bits per heavy atom. The summed E-state index contributed by atoms with van der Waals surface area (Å²) in [6.45, 7) is 7.42. The Morgan fingerprint density at radius 1 is 1.00 bits per heavy atom. The molecule has 0 aliphatic carbocycles. The van der Waals surface area contributed by atoms with Gasteiger partial charge in [-0.3, -0.25) is 9.59 Å². The monoisotopic (exact) mass is 324 g/mol. The van der Waals surface area contributed by atoms with Crippen molar-refractivity contribution >= 4 is 23.2 Å². The standard InChI is InChI=1S/C20H24N2O2/c1-5-17-11-6-7-12-18(17)21-19(24)13-22(16(4)23)20-14(2)9-8-10-15(20)3/h6-12H,5,13H2,1-4H3,(H,21,24). The van der Waals surface area contributed by atoms with Gasteiger partial charge in [-0.05, 0) is 43.0 Å². The first-order valence-corrected chi connectivity index (χ1v) is 8.16. The number of carbonyl (C=O) groups excluding carboxylic acids is 2. The molecule has 4 nitrogen and oxygen atoms in total. The van der Waals surface area contributed by atoms with Gasteiger partial charge in [-0.25, -0.2) is 0 Å². The normalized spacial score (nSPS) is 10.3. The van der Waals surface area contributed by atoms with Crippen LogP contribution in [0.4, 0.5) is 11.4 Å². The van der Waals surface area contributed by atoms with Crippen molar-refractivity contribution in [3.63, 3.8) is 0 Å². The van der Waals surface area contributed by atoms with Crippen LogP contribution in [-0.4, -0.2) is 18.4 Å². The van der Waals surface area contributed by atoms with Crippen LogP contribution in [0.25, 0.3) is 0 Å². The van der Waals surface area contributed by atoms with Crippen LogP contribution in [0.2, 0.25) is 0 Å². The maximum absolute atomic E-state index is 12.5. The maximum Gasteiger partial charge on any atom is 0.244 e. The summed E-state index contributed by atoms with van der Waals surface area (Å²) in [6.07, 6.45) is 0.837. The van der Waals surface area contributed by atoms with Gasteiger partial charge >= 0.3 is 0 Å². The van der Waals surface area contributed by atoms with Crippen LogP contribution in [0.5, 0.6) is 0 Å². The molecule has 0 fully saturated rings. The minimum Gasteiger partial charge on any atom is -0.324 e. The molecule has 2 rings (SSSR count). The smallest absolute Gasteiger partial charge is 0.244 e. The van der Waals surface area contributed by atoms with E-state index in [0.717, 1.165) is 34.5 Å². The minimum atomic E-state index is -0.200. The molecule has 0 saturated heterocycles. The van der Waals surface area contributed by atoms with Gasteiger partial charge in [0.15, 0.2) is 0 Å². The number of hydrogen-bond donors (Lipinski definition) is 1. The van der Waals surface area contributed by atoms with E-state index in [1.54, 1.807) is 0 Å². The third-order valence-corrected chi connectivity index (χ3v) is 4.06. The van der Waals surface area contributed by atoms with E-state index in [1.165, 1.54) is 11.8 Å². The lowest BCUT2D eigenvalue weighted by atomic mass is 10.1. The zero-order chi connectivity index (χ0) is 17.7. The number of nitrogens with zero attached hydrogens (tertiary/aromatic N) is 1. The average molecular weight is 324 g/mol.